The number of ether oxygens (including phenoxy) is 1. The van der Waals surface area contributed by atoms with Gasteiger partial charge < -0.3 is 9.15 Å². The monoisotopic (exact) mass is 368 g/mol. The average Bonchev–Trinajstić information content (AvgIpc) is 3.10. The van der Waals surface area contributed by atoms with Gasteiger partial charge in [-0.1, -0.05) is 6.07 Å². The Balaban J connectivity index is 1.78. The van der Waals surface area contributed by atoms with Crippen LogP contribution >= 0.6 is 27.3 Å². The van der Waals surface area contributed by atoms with Crippen molar-refractivity contribution >= 4 is 27.3 Å². The van der Waals surface area contributed by atoms with Crippen LogP contribution in [0.25, 0.3) is 10.8 Å². The zero-order chi connectivity index (χ0) is 14.8. The minimum Gasteiger partial charge on any atom is -0.480 e. The number of benzene rings is 1. The normalized spacial score (nSPS) is 12.3. The molecule has 0 fully saturated rings. The third-order valence-electron chi connectivity index (χ3n) is 2.72. The highest BCUT2D eigenvalue weighted by Gasteiger charge is 2.18. The van der Waals surface area contributed by atoms with Gasteiger partial charge in [0.1, 0.15) is 11.6 Å². The standard InChI is InChI=1S/C14H10BrFN2O2S/c1-8(19-11-5-4-9(16)7-10(11)15)13-17-18-14(20-13)12-3-2-6-21-12/h2-8H,1H3/t8-/m0/s1. The second-order valence-electron chi connectivity index (χ2n) is 4.26. The van der Waals surface area contributed by atoms with Gasteiger partial charge in [0, 0.05) is 0 Å². The molecule has 1 atom stereocenters. The quantitative estimate of drug-likeness (QED) is 0.660. The summed E-state index contributed by atoms with van der Waals surface area (Å²) < 4.78 is 24.9. The lowest BCUT2D eigenvalue weighted by Crippen LogP contribution is -2.04. The summed E-state index contributed by atoms with van der Waals surface area (Å²) in [6, 6.07) is 8.04. The van der Waals surface area contributed by atoms with Crippen molar-refractivity contribution in [3.63, 3.8) is 0 Å². The average molecular weight is 369 g/mol. The lowest BCUT2D eigenvalue weighted by atomic mass is 10.3. The van der Waals surface area contributed by atoms with Crippen LogP contribution in [0.1, 0.15) is 18.9 Å². The van der Waals surface area contributed by atoms with Crippen LogP contribution in [0.3, 0.4) is 0 Å². The van der Waals surface area contributed by atoms with E-state index in [0.717, 1.165) is 4.88 Å². The molecule has 7 heteroatoms. The highest BCUT2D eigenvalue weighted by Crippen LogP contribution is 2.31. The zero-order valence-corrected chi connectivity index (χ0v) is 13.3. The van der Waals surface area contributed by atoms with E-state index in [2.05, 4.69) is 26.1 Å². The molecule has 0 bridgehead atoms. The summed E-state index contributed by atoms with van der Waals surface area (Å²) in [6.07, 6.45) is -0.437. The first-order valence-corrected chi connectivity index (χ1v) is 7.80. The molecule has 0 saturated heterocycles. The molecule has 0 spiro atoms. The van der Waals surface area contributed by atoms with Crippen LogP contribution in [0, 0.1) is 5.82 Å². The molecule has 1 aromatic carbocycles. The van der Waals surface area contributed by atoms with Gasteiger partial charge in [-0.25, -0.2) is 4.39 Å². The topological polar surface area (TPSA) is 48.2 Å². The largest absolute Gasteiger partial charge is 0.480 e. The number of hydrogen-bond donors (Lipinski definition) is 0. The lowest BCUT2D eigenvalue weighted by molar-refractivity contribution is 0.188. The third kappa shape index (κ3) is 3.14. The van der Waals surface area contributed by atoms with E-state index in [1.165, 1.54) is 23.5 Å². The van der Waals surface area contributed by atoms with Gasteiger partial charge in [0.05, 0.1) is 9.35 Å². The number of rotatable bonds is 4. The first-order chi connectivity index (χ1) is 10.1. The molecule has 21 heavy (non-hydrogen) atoms. The summed E-state index contributed by atoms with van der Waals surface area (Å²) in [5.74, 6) is 1.02. The predicted octanol–water partition coefficient (Wildman–Crippen LogP) is 4.84. The number of aromatic nitrogens is 2. The Morgan fingerprint density at radius 2 is 2.19 bits per heavy atom. The van der Waals surface area contributed by atoms with Crippen LogP contribution in [-0.2, 0) is 0 Å². The van der Waals surface area contributed by atoms with Crippen molar-refractivity contribution in [2.75, 3.05) is 0 Å². The maximum absolute atomic E-state index is 13.0. The molecule has 0 aliphatic heterocycles. The van der Waals surface area contributed by atoms with Crippen LogP contribution < -0.4 is 4.74 Å². The molecule has 2 heterocycles. The zero-order valence-electron chi connectivity index (χ0n) is 10.9. The van der Waals surface area contributed by atoms with E-state index in [1.807, 2.05) is 17.5 Å². The summed E-state index contributed by atoms with van der Waals surface area (Å²) in [5, 5.41) is 9.93. The van der Waals surface area contributed by atoms with E-state index in [-0.39, 0.29) is 5.82 Å². The maximum Gasteiger partial charge on any atom is 0.257 e. The fraction of sp³-hybridized carbons (Fsp3) is 0.143. The molecule has 2 aromatic heterocycles. The molecule has 0 aliphatic rings. The molecule has 0 saturated carbocycles. The molecular formula is C14H10BrFN2O2S. The number of halogens is 2. The number of thiophene rings is 1. The van der Waals surface area contributed by atoms with Gasteiger partial charge in [0.25, 0.3) is 11.8 Å². The van der Waals surface area contributed by atoms with Crippen molar-refractivity contribution in [1.29, 1.82) is 0 Å². The highest BCUT2D eigenvalue weighted by atomic mass is 79.9. The van der Waals surface area contributed by atoms with Crippen molar-refractivity contribution in [1.82, 2.24) is 10.2 Å². The van der Waals surface area contributed by atoms with Gasteiger partial charge in [-0.3, -0.25) is 0 Å². The first kappa shape index (κ1) is 14.2. The molecule has 0 N–H and O–H groups in total. The Morgan fingerprint density at radius 3 is 2.90 bits per heavy atom. The Bertz CT molecular complexity index is 745. The van der Waals surface area contributed by atoms with Crippen molar-refractivity contribution in [2.24, 2.45) is 0 Å². The van der Waals surface area contributed by atoms with E-state index in [1.54, 1.807) is 13.0 Å². The second kappa shape index (κ2) is 5.95. The molecular weight excluding hydrogens is 359 g/mol. The van der Waals surface area contributed by atoms with E-state index in [9.17, 15) is 4.39 Å². The van der Waals surface area contributed by atoms with Crippen molar-refractivity contribution in [2.45, 2.75) is 13.0 Å². The molecule has 0 amide bonds. The first-order valence-electron chi connectivity index (χ1n) is 6.12. The molecule has 4 nitrogen and oxygen atoms in total. The smallest absolute Gasteiger partial charge is 0.257 e. The van der Waals surface area contributed by atoms with Gasteiger partial charge >= 0.3 is 0 Å². The van der Waals surface area contributed by atoms with Crippen LogP contribution in [0.15, 0.2) is 44.6 Å². The van der Waals surface area contributed by atoms with Crippen molar-refractivity contribution < 1.29 is 13.5 Å². The highest BCUT2D eigenvalue weighted by molar-refractivity contribution is 9.10. The van der Waals surface area contributed by atoms with Crippen LogP contribution in [0.5, 0.6) is 5.75 Å². The minimum atomic E-state index is -0.437. The molecule has 0 radical (unpaired) electrons. The Hall–Kier alpha value is -1.73. The Labute approximate surface area is 132 Å². The van der Waals surface area contributed by atoms with Crippen molar-refractivity contribution in [3.8, 4) is 16.5 Å². The summed E-state index contributed by atoms with van der Waals surface area (Å²) in [6.45, 7) is 1.79. The van der Waals surface area contributed by atoms with E-state index in [0.29, 0.717) is 22.0 Å². The van der Waals surface area contributed by atoms with Crippen molar-refractivity contribution in [3.05, 3.63) is 51.9 Å². The Kier molecular flexibility index (Phi) is 4.03. The summed E-state index contributed by atoms with van der Waals surface area (Å²) in [5.41, 5.74) is 0. The van der Waals surface area contributed by atoms with Crippen LogP contribution in [0.4, 0.5) is 4.39 Å². The lowest BCUT2D eigenvalue weighted by Gasteiger charge is -2.12. The van der Waals surface area contributed by atoms with Gasteiger partial charge in [-0.05, 0) is 52.5 Å². The summed E-state index contributed by atoms with van der Waals surface area (Å²) in [7, 11) is 0. The van der Waals surface area contributed by atoms with Crippen LogP contribution in [-0.4, -0.2) is 10.2 Å². The minimum absolute atomic E-state index is 0.334. The molecule has 3 aromatic rings. The fourth-order valence-corrected chi connectivity index (χ4v) is 2.80. The maximum atomic E-state index is 13.0. The van der Waals surface area contributed by atoms with Gasteiger partial charge in [-0.15, -0.1) is 21.5 Å². The van der Waals surface area contributed by atoms with Gasteiger partial charge in [-0.2, -0.15) is 0 Å². The molecule has 3 rings (SSSR count). The van der Waals surface area contributed by atoms with Crippen LogP contribution in [0.2, 0.25) is 0 Å². The summed E-state index contributed by atoms with van der Waals surface area (Å²) in [4.78, 5) is 0.906. The third-order valence-corrected chi connectivity index (χ3v) is 4.20. The second-order valence-corrected chi connectivity index (χ2v) is 6.06. The van der Waals surface area contributed by atoms with E-state index in [4.69, 9.17) is 9.15 Å². The van der Waals surface area contributed by atoms with E-state index < -0.39 is 6.10 Å². The molecule has 0 unspecified atom stereocenters. The van der Waals surface area contributed by atoms with E-state index >= 15 is 0 Å². The SMILES string of the molecule is C[C@H](Oc1ccc(F)cc1Br)c1nnc(-c2cccs2)o1. The number of nitrogens with zero attached hydrogens (tertiary/aromatic N) is 2. The van der Waals surface area contributed by atoms with Gasteiger partial charge in [0.15, 0.2) is 6.10 Å². The molecule has 0 aliphatic carbocycles. The van der Waals surface area contributed by atoms with Gasteiger partial charge in [0.2, 0.25) is 0 Å². The number of hydrogen-bond acceptors (Lipinski definition) is 5. The summed E-state index contributed by atoms with van der Waals surface area (Å²) >= 11 is 4.78. The molecule has 108 valence electrons. The fourth-order valence-electron chi connectivity index (χ4n) is 1.71. The Morgan fingerprint density at radius 1 is 1.33 bits per heavy atom. The predicted molar refractivity (Wildman–Crippen MR) is 80.8 cm³/mol.